The summed E-state index contributed by atoms with van der Waals surface area (Å²) in [5, 5.41) is 12.4. The van der Waals surface area contributed by atoms with Gasteiger partial charge in [-0.3, -0.25) is 10.1 Å². The second kappa shape index (κ2) is 2.90. The van der Waals surface area contributed by atoms with Gasteiger partial charge in [0.05, 0.1) is 18.3 Å². The van der Waals surface area contributed by atoms with Crippen LogP contribution in [-0.2, 0) is 6.54 Å². The summed E-state index contributed by atoms with van der Waals surface area (Å²) in [6.45, 7) is 0.355. The second-order valence-corrected chi connectivity index (χ2v) is 2.89. The molecule has 0 aliphatic carbocycles. The van der Waals surface area contributed by atoms with Gasteiger partial charge >= 0.3 is 0 Å². The van der Waals surface area contributed by atoms with Crippen molar-refractivity contribution in [3.05, 3.63) is 30.5 Å². The number of benzene rings is 1. The molecule has 0 aliphatic rings. The highest BCUT2D eigenvalue weighted by Gasteiger charge is 2.01. The van der Waals surface area contributed by atoms with Gasteiger partial charge in [0, 0.05) is 5.39 Å². The Morgan fingerprint density at radius 2 is 2.23 bits per heavy atom. The van der Waals surface area contributed by atoms with Gasteiger partial charge in [0.15, 0.2) is 0 Å². The highest BCUT2D eigenvalue weighted by molar-refractivity contribution is 5.82. The summed E-state index contributed by atoms with van der Waals surface area (Å²) in [7, 11) is 0. The van der Waals surface area contributed by atoms with Crippen molar-refractivity contribution in [3.8, 4) is 0 Å². The van der Waals surface area contributed by atoms with Gasteiger partial charge in [-0.15, -0.1) is 0 Å². The molecule has 2 aromatic rings. The van der Waals surface area contributed by atoms with E-state index in [0.29, 0.717) is 6.54 Å². The van der Waals surface area contributed by atoms with Crippen LogP contribution in [0.5, 0.6) is 0 Å². The molecule has 1 aromatic carbocycles. The predicted molar refractivity (Wildman–Crippen MR) is 51.6 cm³/mol. The van der Waals surface area contributed by atoms with Crippen molar-refractivity contribution in [3.63, 3.8) is 0 Å². The van der Waals surface area contributed by atoms with E-state index in [9.17, 15) is 0 Å². The molecule has 0 radical (unpaired) electrons. The van der Waals surface area contributed by atoms with Crippen molar-refractivity contribution in [2.75, 3.05) is 0 Å². The number of hydrogen-bond acceptors (Lipinski definition) is 2. The fraction of sp³-hybridized carbons (Fsp3) is 0.111. The quantitative estimate of drug-likeness (QED) is 0.526. The minimum atomic E-state index is 0.119. The monoisotopic (exact) mass is 174 g/mol. The van der Waals surface area contributed by atoms with Crippen LogP contribution in [0.1, 0.15) is 0 Å². The number of amidine groups is 1. The zero-order valence-electron chi connectivity index (χ0n) is 7.07. The topological polar surface area (TPSA) is 67.7 Å². The van der Waals surface area contributed by atoms with Crippen molar-refractivity contribution in [2.24, 2.45) is 5.73 Å². The highest BCUT2D eigenvalue weighted by Crippen LogP contribution is 2.11. The standard InChI is InChI=1S/C9H10N4/c10-9(11)6-13-8-4-2-1-3-7(8)5-12-13/h1-5H,6H2,(H3,10,11). The van der Waals surface area contributed by atoms with E-state index < -0.39 is 0 Å². The summed E-state index contributed by atoms with van der Waals surface area (Å²) < 4.78 is 1.72. The number of para-hydroxylation sites is 1. The molecule has 0 atom stereocenters. The molecule has 2 rings (SSSR count). The smallest absolute Gasteiger partial charge is 0.113 e. The number of aromatic nitrogens is 2. The molecular formula is C9H10N4. The third-order valence-corrected chi connectivity index (χ3v) is 1.87. The largest absolute Gasteiger partial charge is 0.386 e. The number of hydrogen-bond donors (Lipinski definition) is 2. The van der Waals surface area contributed by atoms with E-state index in [4.69, 9.17) is 11.1 Å². The first-order valence-electron chi connectivity index (χ1n) is 4.01. The van der Waals surface area contributed by atoms with Crippen molar-refractivity contribution in [2.45, 2.75) is 6.54 Å². The van der Waals surface area contributed by atoms with Crippen LogP contribution in [0.4, 0.5) is 0 Å². The van der Waals surface area contributed by atoms with Crippen LogP contribution in [0.25, 0.3) is 10.9 Å². The molecule has 4 heteroatoms. The maximum atomic E-state index is 7.16. The number of nitrogens with zero attached hydrogens (tertiary/aromatic N) is 2. The average molecular weight is 174 g/mol. The second-order valence-electron chi connectivity index (χ2n) is 2.89. The number of rotatable bonds is 2. The molecule has 0 saturated carbocycles. The predicted octanol–water partition coefficient (Wildman–Crippen LogP) is 0.972. The Bertz CT molecular complexity index is 444. The van der Waals surface area contributed by atoms with Gasteiger partial charge in [-0.25, -0.2) is 0 Å². The molecule has 0 saturated heterocycles. The average Bonchev–Trinajstić information content (AvgIpc) is 2.48. The van der Waals surface area contributed by atoms with Gasteiger partial charge in [-0.2, -0.15) is 5.10 Å². The third kappa shape index (κ3) is 1.38. The minimum Gasteiger partial charge on any atom is -0.386 e. The zero-order valence-corrected chi connectivity index (χ0v) is 7.07. The maximum Gasteiger partial charge on any atom is 0.113 e. The first-order valence-corrected chi connectivity index (χ1v) is 4.01. The molecule has 0 aliphatic heterocycles. The Morgan fingerprint density at radius 1 is 1.46 bits per heavy atom. The van der Waals surface area contributed by atoms with Crippen molar-refractivity contribution < 1.29 is 0 Å². The molecule has 0 amide bonds. The fourth-order valence-electron chi connectivity index (χ4n) is 1.31. The van der Waals surface area contributed by atoms with Crippen LogP contribution in [0.3, 0.4) is 0 Å². The third-order valence-electron chi connectivity index (χ3n) is 1.87. The van der Waals surface area contributed by atoms with Gasteiger partial charge in [0.1, 0.15) is 5.84 Å². The van der Waals surface area contributed by atoms with Crippen molar-refractivity contribution >= 4 is 16.7 Å². The maximum absolute atomic E-state index is 7.16. The van der Waals surface area contributed by atoms with Crippen LogP contribution in [-0.4, -0.2) is 15.6 Å². The molecule has 4 nitrogen and oxygen atoms in total. The number of fused-ring (bicyclic) bond motifs is 1. The SMILES string of the molecule is N=C(N)Cn1ncc2ccccc21. The van der Waals surface area contributed by atoms with Crippen LogP contribution >= 0.6 is 0 Å². The van der Waals surface area contributed by atoms with Gasteiger partial charge in [0.2, 0.25) is 0 Å². The summed E-state index contributed by atoms with van der Waals surface area (Å²) in [6.07, 6.45) is 1.78. The Kier molecular flexibility index (Phi) is 1.73. The highest BCUT2D eigenvalue weighted by atomic mass is 15.3. The zero-order chi connectivity index (χ0) is 9.26. The number of nitrogens with one attached hydrogen (secondary N) is 1. The van der Waals surface area contributed by atoms with E-state index in [-0.39, 0.29) is 5.84 Å². The molecule has 1 heterocycles. The van der Waals surface area contributed by atoms with E-state index in [1.807, 2.05) is 24.3 Å². The Hall–Kier alpha value is -1.84. The van der Waals surface area contributed by atoms with Crippen molar-refractivity contribution in [1.29, 1.82) is 5.41 Å². The first-order chi connectivity index (χ1) is 6.27. The van der Waals surface area contributed by atoms with Gasteiger partial charge < -0.3 is 5.73 Å². The van der Waals surface area contributed by atoms with E-state index >= 15 is 0 Å². The lowest BCUT2D eigenvalue weighted by Crippen LogP contribution is -2.18. The molecule has 13 heavy (non-hydrogen) atoms. The lowest BCUT2D eigenvalue weighted by atomic mass is 10.2. The summed E-state index contributed by atoms with van der Waals surface area (Å²) in [4.78, 5) is 0. The lowest BCUT2D eigenvalue weighted by Gasteiger charge is -2.00. The molecular weight excluding hydrogens is 164 g/mol. The molecule has 0 fully saturated rings. The molecule has 1 aromatic heterocycles. The number of nitrogens with two attached hydrogens (primary N) is 1. The Balaban J connectivity index is 2.51. The molecule has 0 unspecified atom stereocenters. The van der Waals surface area contributed by atoms with Crippen molar-refractivity contribution in [1.82, 2.24) is 9.78 Å². The van der Waals surface area contributed by atoms with Crippen LogP contribution in [0.2, 0.25) is 0 Å². The van der Waals surface area contributed by atoms with Crippen LogP contribution in [0, 0.1) is 5.41 Å². The lowest BCUT2D eigenvalue weighted by molar-refractivity contribution is 0.744. The van der Waals surface area contributed by atoms with Crippen LogP contribution in [0.15, 0.2) is 30.5 Å². The van der Waals surface area contributed by atoms with Crippen LogP contribution < -0.4 is 5.73 Å². The molecule has 0 spiro atoms. The van der Waals surface area contributed by atoms with Gasteiger partial charge in [0.25, 0.3) is 0 Å². The van der Waals surface area contributed by atoms with E-state index in [1.54, 1.807) is 10.9 Å². The van der Waals surface area contributed by atoms with E-state index in [0.717, 1.165) is 10.9 Å². The fourth-order valence-corrected chi connectivity index (χ4v) is 1.31. The van der Waals surface area contributed by atoms with E-state index in [2.05, 4.69) is 5.10 Å². The molecule has 3 N–H and O–H groups in total. The van der Waals surface area contributed by atoms with E-state index in [1.165, 1.54) is 0 Å². The summed E-state index contributed by atoms with van der Waals surface area (Å²) in [6, 6.07) is 7.85. The Labute approximate surface area is 75.5 Å². The molecule has 0 bridgehead atoms. The molecule has 66 valence electrons. The first kappa shape index (κ1) is 7.79. The Morgan fingerprint density at radius 3 is 3.00 bits per heavy atom. The summed E-state index contributed by atoms with van der Waals surface area (Å²) in [5.74, 6) is 0.119. The summed E-state index contributed by atoms with van der Waals surface area (Å²) >= 11 is 0. The summed E-state index contributed by atoms with van der Waals surface area (Å²) in [5.41, 5.74) is 6.31. The normalized spacial score (nSPS) is 10.5. The minimum absolute atomic E-state index is 0.119. The van der Waals surface area contributed by atoms with Gasteiger partial charge in [-0.1, -0.05) is 18.2 Å². The van der Waals surface area contributed by atoms with Gasteiger partial charge in [-0.05, 0) is 6.07 Å².